The third-order valence-corrected chi connectivity index (χ3v) is 5.99. The van der Waals surface area contributed by atoms with Crippen molar-refractivity contribution < 1.29 is 13.5 Å². The minimum atomic E-state index is -3.67. The Bertz CT molecular complexity index is 624. The fraction of sp³-hybridized carbons (Fsp3) is 0.571. The summed E-state index contributed by atoms with van der Waals surface area (Å²) in [6, 6.07) is 3.44. The number of sulfonamides is 1. The van der Waals surface area contributed by atoms with Crippen molar-refractivity contribution in [2.24, 2.45) is 0 Å². The topological polar surface area (TPSA) is 83.6 Å². The van der Waals surface area contributed by atoms with Gasteiger partial charge in [0.15, 0.2) is 0 Å². The van der Waals surface area contributed by atoms with Crippen molar-refractivity contribution >= 4 is 15.7 Å². The highest BCUT2D eigenvalue weighted by atomic mass is 32.2. The monoisotopic (exact) mass is 298 g/mol. The van der Waals surface area contributed by atoms with Gasteiger partial charge >= 0.3 is 0 Å². The standard InChI is InChI=1S/C14H22N2O3S/c1-10-5-6-12(15)13(11(10)2)20(18,19)16-8-4-7-14(3,17)9-16/h5-6,17H,4,7-9,15H2,1-3H3. The quantitative estimate of drug-likeness (QED) is 0.809. The van der Waals surface area contributed by atoms with E-state index in [4.69, 9.17) is 5.73 Å². The zero-order valence-electron chi connectivity index (χ0n) is 12.2. The number of aryl methyl sites for hydroxylation is 1. The Morgan fingerprint density at radius 1 is 1.35 bits per heavy atom. The molecule has 0 radical (unpaired) electrons. The maximum atomic E-state index is 12.8. The number of aliphatic hydroxyl groups is 1. The first-order chi connectivity index (χ1) is 9.15. The molecule has 1 saturated heterocycles. The second-order valence-electron chi connectivity index (χ2n) is 5.86. The van der Waals surface area contributed by atoms with E-state index in [9.17, 15) is 13.5 Å². The van der Waals surface area contributed by atoms with E-state index in [1.54, 1.807) is 19.9 Å². The molecule has 1 heterocycles. The highest BCUT2D eigenvalue weighted by Crippen LogP contribution is 2.31. The van der Waals surface area contributed by atoms with Crippen molar-refractivity contribution in [3.8, 4) is 0 Å². The van der Waals surface area contributed by atoms with Gasteiger partial charge in [-0.2, -0.15) is 4.31 Å². The number of hydrogen-bond donors (Lipinski definition) is 2. The normalized spacial score (nSPS) is 24.8. The molecule has 1 fully saturated rings. The van der Waals surface area contributed by atoms with Crippen molar-refractivity contribution in [2.45, 2.75) is 44.1 Å². The number of hydrogen-bond acceptors (Lipinski definition) is 4. The number of rotatable bonds is 2. The number of nitrogens with zero attached hydrogens (tertiary/aromatic N) is 1. The minimum Gasteiger partial charge on any atom is -0.398 e. The smallest absolute Gasteiger partial charge is 0.245 e. The van der Waals surface area contributed by atoms with Crippen LogP contribution in [0.3, 0.4) is 0 Å². The SMILES string of the molecule is Cc1ccc(N)c(S(=O)(=O)N2CCCC(C)(O)C2)c1C. The number of nitrogen functional groups attached to an aromatic ring is 1. The van der Waals surface area contributed by atoms with Crippen LogP contribution in [-0.4, -0.2) is 36.5 Å². The molecule has 20 heavy (non-hydrogen) atoms. The van der Waals surface area contributed by atoms with Gasteiger partial charge in [-0.15, -0.1) is 0 Å². The molecule has 1 unspecified atom stereocenters. The maximum Gasteiger partial charge on any atom is 0.245 e. The van der Waals surface area contributed by atoms with Crippen LogP contribution in [0, 0.1) is 13.8 Å². The van der Waals surface area contributed by atoms with E-state index in [0.29, 0.717) is 24.9 Å². The summed E-state index contributed by atoms with van der Waals surface area (Å²) in [5.41, 5.74) is 6.74. The van der Waals surface area contributed by atoms with Crippen LogP contribution < -0.4 is 5.73 Å². The average Bonchev–Trinajstić information content (AvgIpc) is 2.33. The van der Waals surface area contributed by atoms with E-state index in [1.807, 2.05) is 13.0 Å². The summed E-state index contributed by atoms with van der Waals surface area (Å²) in [6.45, 7) is 5.83. The molecule has 6 heteroatoms. The van der Waals surface area contributed by atoms with Gasteiger partial charge < -0.3 is 10.8 Å². The lowest BCUT2D eigenvalue weighted by Crippen LogP contribution is -2.48. The summed E-state index contributed by atoms with van der Waals surface area (Å²) in [5.74, 6) is 0. The van der Waals surface area contributed by atoms with Gasteiger partial charge in [0.25, 0.3) is 0 Å². The van der Waals surface area contributed by atoms with Crippen molar-refractivity contribution in [3.05, 3.63) is 23.3 Å². The van der Waals surface area contributed by atoms with Gasteiger partial charge in [0.1, 0.15) is 4.90 Å². The Morgan fingerprint density at radius 2 is 2.00 bits per heavy atom. The zero-order chi connectivity index (χ0) is 15.1. The first-order valence-electron chi connectivity index (χ1n) is 6.73. The molecule has 1 aliphatic heterocycles. The Labute approximate surface area is 120 Å². The van der Waals surface area contributed by atoms with Gasteiger partial charge in [-0.1, -0.05) is 6.07 Å². The first-order valence-corrected chi connectivity index (χ1v) is 8.17. The summed E-state index contributed by atoms with van der Waals surface area (Å²) >= 11 is 0. The first kappa shape index (κ1) is 15.3. The van der Waals surface area contributed by atoms with Crippen molar-refractivity contribution in [1.29, 1.82) is 0 Å². The van der Waals surface area contributed by atoms with Crippen molar-refractivity contribution in [1.82, 2.24) is 4.31 Å². The lowest BCUT2D eigenvalue weighted by atomic mass is 9.97. The van der Waals surface area contributed by atoms with E-state index in [0.717, 1.165) is 5.56 Å². The molecule has 3 N–H and O–H groups in total. The highest BCUT2D eigenvalue weighted by Gasteiger charge is 2.37. The van der Waals surface area contributed by atoms with E-state index < -0.39 is 15.6 Å². The van der Waals surface area contributed by atoms with Crippen LogP contribution in [0.25, 0.3) is 0 Å². The van der Waals surface area contributed by atoms with Crippen molar-refractivity contribution in [2.75, 3.05) is 18.8 Å². The molecule has 1 aromatic rings. The molecule has 0 aromatic heterocycles. The molecule has 0 bridgehead atoms. The average molecular weight is 298 g/mol. The molecule has 2 rings (SSSR count). The summed E-state index contributed by atoms with van der Waals surface area (Å²) in [7, 11) is -3.67. The van der Waals surface area contributed by atoms with Gasteiger partial charge in [0.05, 0.1) is 11.3 Å². The van der Waals surface area contributed by atoms with Crippen molar-refractivity contribution in [3.63, 3.8) is 0 Å². The second-order valence-corrected chi connectivity index (χ2v) is 7.74. The number of anilines is 1. The molecule has 5 nitrogen and oxygen atoms in total. The Balaban J connectivity index is 2.49. The number of piperidine rings is 1. The molecule has 0 amide bonds. The van der Waals surface area contributed by atoms with Crippen LogP contribution in [0.4, 0.5) is 5.69 Å². The summed E-state index contributed by atoms with van der Waals surface area (Å²) in [5, 5.41) is 10.1. The molecular formula is C14H22N2O3S. The molecule has 1 aromatic carbocycles. The fourth-order valence-corrected chi connectivity index (χ4v) is 4.65. The molecule has 0 saturated carbocycles. The molecule has 1 aliphatic rings. The Hall–Kier alpha value is -1.11. The van der Waals surface area contributed by atoms with Crippen LogP contribution in [-0.2, 0) is 10.0 Å². The van der Waals surface area contributed by atoms with Crippen LogP contribution in [0.15, 0.2) is 17.0 Å². The van der Waals surface area contributed by atoms with E-state index in [1.165, 1.54) is 4.31 Å². The largest absolute Gasteiger partial charge is 0.398 e. The molecule has 1 atom stereocenters. The fourth-order valence-electron chi connectivity index (χ4n) is 2.66. The highest BCUT2D eigenvalue weighted by molar-refractivity contribution is 7.89. The lowest BCUT2D eigenvalue weighted by Gasteiger charge is -2.36. The number of β-amino-alcohol motifs (C(OH)–C–C–N with tert-alkyl or cyclic N) is 1. The van der Waals surface area contributed by atoms with Gasteiger partial charge in [-0.3, -0.25) is 0 Å². The summed E-state index contributed by atoms with van der Waals surface area (Å²) < 4.78 is 26.9. The molecular weight excluding hydrogens is 276 g/mol. The van der Waals surface area contributed by atoms with Crippen LogP contribution in [0.1, 0.15) is 30.9 Å². The molecule has 0 spiro atoms. The maximum absolute atomic E-state index is 12.8. The van der Waals surface area contributed by atoms with Crippen LogP contribution in [0.5, 0.6) is 0 Å². The molecule has 112 valence electrons. The molecule has 0 aliphatic carbocycles. The van der Waals surface area contributed by atoms with Gasteiger partial charge in [-0.05, 0) is 50.8 Å². The third kappa shape index (κ3) is 2.68. The van der Waals surface area contributed by atoms with Crippen LogP contribution >= 0.6 is 0 Å². The van der Waals surface area contributed by atoms with Crippen LogP contribution in [0.2, 0.25) is 0 Å². The van der Waals surface area contributed by atoms with E-state index >= 15 is 0 Å². The third-order valence-electron chi connectivity index (χ3n) is 3.94. The summed E-state index contributed by atoms with van der Waals surface area (Å²) in [4.78, 5) is 0.176. The predicted molar refractivity (Wildman–Crippen MR) is 78.9 cm³/mol. The number of nitrogens with two attached hydrogens (primary N) is 1. The lowest BCUT2D eigenvalue weighted by molar-refractivity contribution is 0.00940. The zero-order valence-corrected chi connectivity index (χ0v) is 13.0. The summed E-state index contributed by atoms with van der Waals surface area (Å²) in [6.07, 6.45) is 1.26. The van der Waals surface area contributed by atoms with Gasteiger partial charge in [0.2, 0.25) is 10.0 Å². The van der Waals surface area contributed by atoms with E-state index in [2.05, 4.69) is 0 Å². The van der Waals surface area contributed by atoms with Gasteiger partial charge in [-0.25, -0.2) is 8.42 Å². The second kappa shape index (κ2) is 5.02. The van der Waals surface area contributed by atoms with E-state index in [-0.39, 0.29) is 17.1 Å². The number of benzene rings is 1. The Morgan fingerprint density at radius 3 is 2.60 bits per heavy atom. The Kier molecular flexibility index (Phi) is 3.83. The predicted octanol–water partition coefficient (Wildman–Crippen LogP) is 1.42. The van der Waals surface area contributed by atoms with Gasteiger partial charge in [0, 0.05) is 13.1 Å². The minimum absolute atomic E-state index is 0.113.